The van der Waals surface area contributed by atoms with Crippen molar-refractivity contribution in [3.63, 3.8) is 0 Å². The van der Waals surface area contributed by atoms with E-state index in [0.29, 0.717) is 6.42 Å². The van der Waals surface area contributed by atoms with E-state index in [2.05, 4.69) is 55.6 Å². The van der Waals surface area contributed by atoms with E-state index in [9.17, 15) is 30.3 Å². The van der Waals surface area contributed by atoms with Crippen LogP contribution in [0.5, 0.6) is 0 Å². The summed E-state index contributed by atoms with van der Waals surface area (Å²) in [5, 5.41) is 54.3. The van der Waals surface area contributed by atoms with Crippen LogP contribution in [-0.2, 0) is 14.3 Å². The monoisotopic (exact) mass is 848 g/mol. The van der Waals surface area contributed by atoms with Crippen LogP contribution in [0.15, 0.2) is 48.6 Å². The van der Waals surface area contributed by atoms with Gasteiger partial charge in [-0.25, -0.2) is 0 Å². The topological polar surface area (TPSA) is 149 Å². The molecule has 0 saturated carbocycles. The Morgan fingerprint density at radius 2 is 0.950 bits per heavy atom. The average molecular weight is 848 g/mol. The van der Waals surface area contributed by atoms with Crippen molar-refractivity contribution >= 4 is 5.91 Å². The molecular formula is C51H93NO8. The number of aliphatic hydroxyl groups is 5. The first-order valence-corrected chi connectivity index (χ1v) is 24.9. The second-order valence-corrected chi connectivity index (χ2v) is 17.2. The van der Waals surface area contributed by atoms with Gasteiger partial charge in [-0.2, -0.15) is 0 Å². The number of carbonyl (C=O) groups is 1. The molecule has 1 aliphatic heterocycles. The molecule has 1 heterocycles. The van der Waals surface area contributed by atoms with Gasteiger partial charge in [-0.1, -0.05) is 184 Å². The van der Waals surface area contributed by atoms with E-state index in [-0.39, 0.29) is 12.5 Å². The lowest BCUT2D eigenvalue weighted by Gasteiger charge is -2.40. The van der Waals surface area contributed by atoms with Crippen molar-refractivity contribution in [3.05, 3.63) is 48.6 Å². The van der Waals surface area contributed by atoms with Crippen molar-refractivity contribution in [1.29, 1.82) is 0 Å². The summed E-state index contributed by atoms with van der Waals surface area (Å²) in [6, 6.07) is -0.830. The van der Waals surface area contributed by atoms with Gasteiger partial charge in [-0.05, 0) is 70.6 Å². The van der Waals surface area contributed by atoms with E-state index in [1.165, 1.54) is 135 Å². The van der Waals surface area contributed by atoms with Gasteiger partial charge in [0.05, 0.1) is 25.4 Å². The predicted octanol–water partition coefficient (Wildman–Crippen LogP) is 11.0. The average Bonchev–Trinajstić information content (AvgIpc) is 3.25. The molecule has 1 rings (SSSR count). The summed E-state index contributed by atoms with van der Waals surface area (Å²) in [7, 11) is 0. The first-order chi connectivity index (χ1) is 29.3. The lowest BCUT2D eigenvalue weighted by Crippen LogP contribution is -2.60. The van der Waals surface area contributed by atoms with Crippen LogP contribution in [0.2, 0.25) is 0 Å². The summed E-state index contributed by atoms with van der Waals surface area (Å²) in [5.41, 5.74) is 0. The normalized spacial score (nSPS) is 20.9. The number of carbonyl (C=O) groups excluding carboxylic acids is 1. The van der Waals surface area contributed by atoms with Crippen LogP contribution in [0, 0.1) is 0 Å². The third-order valence-corrected chi connectivity index (χ3v) is 11.6. The van der Waals surface area contributed by atoms with Crippen LogP contribution in [0.25, 0.3) is 0 Å². The van der Waals surface area contributed by atoms with Gasteiger partial charge in [0.15, 0.2) is 6.29 Å². The van der Waals surface area contributed by atoms with E-state index < -0.39 is 49.5 Å². The fourth-order valence-electron chi connectivity index (χ4n) is 7.59. The summed E-state index contributed by atoms with van der Waals surface area (Å²) in [4.78, 5) is 13.0. The highest BCUT2D eigenvalue weighted by Crippen LogP contribution is 2.22. The van der Waals surface area contributed by atoms with Gasteiger partial charge >= 0.3 is 0 Å². The Morgan fingerprint density at radius 1 is 0.550 bits per heavy atom. The molecule has 0 aromatic carbocycles. The van der Waals surface area contributed by atoms with Crippen molar-refractivity contribution in [1.82, 2.24) is 5.32 Å². The quantitative estimate of drug-likeness (QED) is 0.0263. The fourth-order valence-corrected chi connectivity index (χ4v) is 7.59. The Kier molecular flexibility index (Phi) is 38.5. The number of rotatable bonds is 41. The number of ether oxygens (including phenoxy) is 2. The van der Waals surface area contributed by atoms with Crippen molar-refractivity contribution in [2.45, 2.75) is 256 Å². The molecule has 1 saturated heterocycles. The molecule has 1 aliphatic rings. The first-order valence-electron chi connectivity index (χ1n) is 24.9. The molecule has 0 aliphatic carbocycles. The molecule has 0 spiro atoms. The zero-order valence-electron chi connectivity index (χ0n) is 38.5. The van der Waals surface area contributed by atoms with E-state index in [0.717, 1.165) is 57.8 Å². The molecule has 7 atom stereocenters. The maximum Gasteiger partial charge on any atom is 0.220 e. The van der Waals surface area contributed by atoms with E-state index in [1.54, 1.807) is 6.08 Å². The smallest absolute Gasteiger partial charge is 0.220 e. The maximum absolute atomic E-state index is 13.0. The lowest BCUT2D eigenvalue weighted by atomic mass is 9.99. The molecule has 0 bridgehead atoms. The summed E-state index contributed by atoms with van der Waals surface area (Å²) in [5.74, 6) is -0.196. The molecule has 9 nitrogen and oxygen atoms in total. The predicted molar refractivity (Wildman–Crippen MR) is 249 cm³/mol. The molecule has 6 N–H and O–H groups in total. The van der Waals surface area contributed by atoms with Gasteiger partial charge in [0.2, 0.25) is 5.91 Å². The zero-order chi connectivity index (χ0) is 43.7. The SMILES string of the molecule is CCCCCCCCCC/C=C\CCCCCCCCCC(=O)NC(COC1OC(CO)C(O)C(O)C1O)C(O)/C=C/CC/C=C/CC/C=C/CCCCCCCCCC. The molecule has 1 amide bonds. The van der Waals surface area contributed by atoms with Crippen LogP contribution in [0.4, 0.5) is 0 Å². The van der Waals surface area contributed by atoms with Crippen LogP contribution >= 0.6 is 0 Å². The highest BCUT2D eigenvalue weighted by atomic mass is 16.7. The third-order valence-electron chi connectivity index (χ3n) is 11.6. The van der Waals surface area contributed by atoms with Crippen molar-refractivity contribution in [2.75, 3.05) is 13.2 Å². The summed E-state index contributed by atoms with van der Waals surface area (Å²) in [6.45, 7) is 3.75. The molecular weight excluding hydrogens is 755 g/mol. The number of nitrogens with one attached hydrogen (secondary N) is 1. The molecule has 350 valence electrons. The Balaban J connectivity index is 2.36. The largest absolute Gasteiger partial charge is 0.394 e. The Labute approximate surface area is 367 Å². The minimum Gasteiger partial charge on any atom is -0.394 e. The standard InChI is InChI=1S/C51H93NO8/c1-3-5-7-9-11-13-15-17-19-21-23-25-27-29-31-33-35-37-39-41-47(55)52-44(43-59-51-50(58)49(57)48(56)46(42-53)60-51)45(54)40-38-36-34-32-30-28-26-24-22-20-18-16-14-12-10-8-6-4-2/h21-24,30,32,38,40,44-46,48-51,53-54,56-58H,3-20,25-29,31,33-37,39,41-43H2,1-2H3,(H,52,55)/b23-21-,24-22+,32-30+,40-38+. The highest BCUT2D eigenvalue weighted by Gasteiger charge is 2.44. The van der Waals surface area contributed by atoms with Crippen LogP contribution < -0.4 is 5.32 Å². The van der Waals surface area contributed by atoms with Gasteiger partial charge in [0.1, 0.15) is 24.4 Å². The number of hydrogen-bond acceptors (Lipinski definition) is 8. The molecule has 0 radical (unpaired) electrons. The number of allylic oxidation sites excluding steroid dienone is 7. The van der Waals surface area contributed by atoms with Crippen molar-refractivity contribution in [3.8, 4) is 0 Å². The van der Waals surface area contributed by atoms with Gasteiger partial charge in [0, 0.05) is 6.42 Å². The van der Waals surface area contributed by atoms with Gasteiger partial charge in [-0.3, -0.25) is 4.79 Å². The fraction of sp³-hybridized carbons (Fsp3) is 0.824. The number of aliphatic hydroxyl groups excluding tert-OH is 5. The maximum atomic E-state index is 13.0. The Bertz CT molecular complexity index is 1080. The second kappa shape index (κ2) is 41.2. The van der Waals surface area contributed by atoms with Crippen LogP contribution in [0.3, 0.4) is 0 Å². The summed E-state index contributed by atoms with van der Waals surface area (Å²) >= 11 is 0. The summed E-state index contributed by atoms with van der Waals surface area (Å²) in [6.07, 6.45) is 45.8. The van der Waals surface area contributed by atoms with Gasteiger partial charge in [0.25, 0.3) is 0 Å². The van der Waals surface area contributed by atoms with Gasteiger partial charge < -0.3 is 40.3 Å². The Hall–Kier alpha value is -1.85. The number of hydrogen-bond donors (Lipinski definition) is 6. The highest BCUT2D eigenvalue weighted by molar-refractivity contribution is 5.76. The number of amides is 1. The molecule has 9 heteroatoms. The Morgan fingerprint density at radius 3 is 1.40 bits per heavy atom. The second-order valence-electron chi connectivity index (χ2n) is 17.2. The van der Waals surface area contributed by atoms with Crippen LogP contribution in [-0.4, -0.2) is 87.5 Å². The molecule has 7 unspecified atom stereocenters. The lowest BCUT2D eigenvalue weighted by molar-refractivity contribution is -0.302. The molecule has 1 fully saturated rings. The third kappa shape index (κ3) is 31.1. The summed E-state index contributed by atoms with van der Waals surface area (Å²) < 4.78 is 11.2. The van der Waals surface area contributed by atoms with Crippen molar-refractivity contribution in [2.24, 2.45) is 0 Å². The van der Waals surface area contributed by atoms with E-state index >= 15 is 0 Å². The van der Waals surface area contributed by atoms with E-state index in [4.69, 9.17) is 9.47 Å². The molecule has 60 heavy (non-hydrogen) atoms. The zero-order valence-corrected chi connectivity index (χ0v) is 38.5. The van der Waals surface area contributed by atoms with Crippen molar-refractivity contribution < 1.29 is 39.8 Å². The van der Waals surface area contributed by atoms with Crippen LogP contribution in [0.1, 0.15) is 213 Å². The minimum absolute atomic E-state index is 0.196. The molecule has 0 aromatic heterocycles. The minimum atomic E-state index is -1.58. The number of unbranched alkanes of at least 4 members (excludes halogenated alkanes) is 25. The van der Waals surface area contributed by atoms with E-state index in [1.807, 2.05) is 6.08 Å². The molecule has 0 aromatic rings. The first kappa shape index (κ1) is 56.2. The van der Waals surface area contributed by atoms with Gasteiger partial charge in [-0.15, -0.1) is 0 Å².